The van der Waals surface area contributed by atoms with E-state index in [1.807, 2.05) is 18.2 Å². The van der Waals surface area contributed by atoms with Gasteiger partial charge in [0.25, 0.3) is 0 Å². The Bertz CT molecular complexity index is 462. The molecule has 1 aromatic rings. The molecule has 0 fully saturated rings. The molecular weight excluding hydrogens is 248 g/mol. The molecule has 2 heterocycles. The molecule has 1 aromatic carbocycles. The van der Waals surface area contributed by atoms with Crippen LogP contribution < -0.4 is 14.8 Å². The third-order valence-corrected chi connectivity index (χ3v) is 3.79. The van der Waals surface area contributed by atoms with Gasteiger partial charge in [-0.25, -0.2) is 0 Å². The van der Waals surface area contributed by atoms with E-state index in [2.05, 4.69) is 10.3 Å². The highest BCUT2D eigenvalue weighted by Gasteiger charge is 2.12. The molecule has 0 amide bonds. The molecule has 0 aromatic heterocycles. The van der Waals surface area contributed by atoms with Gasteiger partial charge in [-0.15, -0.1) is 0 Å². The Hall–Kier alpha value is -1.36. The van der Waals surface area contributed by atoms with Crippen LogP contribution in [0.1, 0.15) is 12.8 Å². The quantitative estimate of drug-likeness (QED) is 0.847. The fraction of sp³-hybridized carbons (Fsp3) is 0.462. The van der Waals surface area contributed by atoms with E-state index in [4.69, 9.17) is 9.47 Å². The van der Waals surface area contributed by atoms with E-state index in [0.29, 0.717) is 6.61 Å². The predicted octanol–water partition coefficient (Wildman–Crippen LogP) is 2.75. The Labute approximate surface area is 111 Å². The number of nitrogens with one attached hydrogen (secondary N) is 1. The Morgan fingerprint density at radius 3 is 2.83 bits per heavy atom. The van der Waals surface area contributed by atoms with Crippen molar-refractivity contribution in [1.29, 1.82) is 0 Å². The highest BCUT2D eigenvalue weighted by atomic mass is 32.2. The molecule has 0 saturated carbocycles. The van der Waals surface area contributed by atoms with Gasteiger partial charge in [-0.05, 0) is 18.6 Å². The molecule has 0 unspecified atom stereocenters. The van der Waals surface area contributed by atoms with Gasteiger partial charge in [-0.2, -0.15) is 0 Å². The molecule has 0 bridgehead atoms. The molecule has 3 rings (SSSR count). The molecule has 0 saturated heterocycles. The number of hydrogen-bond donors (Lipinski definition) is 1. The fourth-order valence-electron chi connectivity index (χ4n) is 1.90. The Morgan fingerprint density at radius 1 is 1.11 bits per heavy atom. The van der Waals surface area contributed by atoms with E-state index < -0.39 is 0 Å². The number of amidine groups is 1. The van der Waals surface area contributed by atoms with Crippen molar-refractivity contribution in [1.82, 2.24) is 0 Å². The lowest BCUT2D eigenvalue weighted by Crippen LogP contribution is -2.13. The molecular formula is C13H16N2O2S. The lowest BCUT2D eigenvalue weighted by Gasteiger charge is -2.14. The van der Waals surface area contributed by atoms with Crippen molar-refractivity contribution in [3.63, 3.8) is 0 Å². The number of nitrogens with zero attached hydrogens (tertiary/aromatic N) is 1. The van der Waals surface area contributed by atoms with Crippen LogP contribution in [0.5, 0.6) is 11.5 Å². The van der Waals surface area contributed by atoms with Gasteiger partial charge in [0.05, 0.1) is 13.2 Å². The summed E-state index contributed by atoms with van der Waals surface area (Å²) in [6.45, 7) is 2.36. The van der Waals surface area contributed by atoms with Gasteiger partial charge in [0.15, 0.2) is 16.7 Å². The SMILES string of the molecule is c1cc2c(cc1NC1=NCCCS1)OCCCO2. The van der Waals surface area contributed by atoms with Crippen LogP contribution in [0.3, 0.4) is 0 Å². The third kappa shape index (κ3) is 2.72. The monoisotopic (exact) mass is 264 g/mol. The number of fused-ring (bicyclic) bond motifs is 1. The molecule has 18 heavy (non-hydrogen) atoms. The van der Waals surface area contributed by atoms with Crippen LogP contribution in [0.25, 0.3) is 0 Å². The first-order chi connectivity index (χ1) is 8.92. The number of thioether (sulfide) groups is 1. The van der Waals surface area contributed by atoms with E-state index in [1.54, 1.807) is 11.8 Å². The van der Waals surface area contributed by atoms with Crippen LogP contribution in [0.2, 0.25) is 0 Å². The van der Waals surface area contributed by atoms with Gasteiger partial charge in [-0.3, -0.25) is 4.99 Å². The van der Waals surface area contributed by atoms with E-state index in [1.165, 1.54) is 0 Å². The maximum absolute atomic E-state index is 5.67. The van der Waals surface area contributed by atoms with Crippen LogP contribution in [-0.4, -0.2) is 30.7 Å². The number of aliphatic imine (C=N–C) groups is 1. The van der Waals surface area contributed by atoms with E-state index >= 15 is 0 Å². The van der Waals surface area contributed by atoms with Gasteiger partial charge < -0.3 is 14.8 Å². The zero-order valence-corrected chi connectivity index (χ0v) is 11.0. The van der Waals surface area contributed by atoms with Crippen molar-refractivity contribution >= 4 is 22.6 Å². The second kappa shape index (κ2) is 5.52. The van der Waals surface area contributed by atoms with Crippen molar-refractivity contribution in [2.45, 2.75) is 12.8 Å². The van der Waals surface area contributed by atoms with Crippen molar-refractivity contribution in [3.8, 4) is 11.5 Å². The highest BCUT2D eigenvalue weighted by molar-refractivity contribution is 8.14. The molecule has 0 atom stereocenters. The first-order valence-electron chi connectivity index (χ1n) is 6.26. The third-order valence-electron chi connectivity index (χ3n) is 2.80. The summed E-state index contributed by atoms with van der Waals surface area (Å²) in [7, 11) is 0. The first-order valence-corrected chi connectivity index (χ1v) is 7.24. The molecule has 2 aliphatic heterocycles. The van der Waals surface area contributed by atoms with Gasteiger partial charge in [0.2, 0.25) is 0 Å². The number of anilines is 1. The molecule has 0 spiro atoms. The van der Waals surface area contributed by atoms with Crippen LogP contribution in [0.4, 0.5) is 5.69 Å². The summed E-state index contributed by atoms with van der Waals surface area (Å²) in [6, 6.07) is 5.95. The highest BCUT2D eigenvalue weighted by Crippen LogP contribution is 2.32. The average Bonchev–Trinajstić information content (AvgIpc) is 2.64. The molecule has 0 aliphatic carbocycles. The smallest absolute Gasteiger partial charge is 0.163 e. The van der Waals surface area contributed by atoms with Crippen molar-refractivity contribution in [3.05, 3.63) is 18.2 Å². The average molecular weight is 264 g/mol. The minimum atomic E-state index is 0.714. The van der Waals surface area contributed by atoms with E-state index in [-0.39, 0.29) is 0 Å². The summed E-state index contributed by atoms with van der Waals surface area (Å²) in [5.74, 6) is 2.78. The van der Waals surface area contributed by atoms with E-state index in [9.17, 15) is 0 Å². The normalized spacial score (nSPS) is 18.8. The van der Waals surface area contributed by atoms with E-state index in [0.717, 1.165) is 54.1 Å². The van der Waals surface area contributed by atoms with Crippen molar-refractivity contribution in [2.75, 3.05) is 30.8 Å². The summed E-state index contributed by atoms with van der Waals surface area (Å²) in [5, 5.41) is 4.32. The summed E-state index contributed by atoms with van der Waals surface area (Å²) in [4.78, 5) is 4.45. The lowest BCUT2D eigenvalue weighted by atomic mass is 10.3. The van der Waals surface area contributed by atoms with Crippen LogP contribution in [0.15, 0.2) is 23.2 Å². The van der Waals surface area contributed by atoms with Crippen LogP contribution >= 0.6 is 11.8 Å². The number of benzene rings is 1. The standard InChI is InChI=1S/C13H16N2O2S/c1-5-14-13(18-8-1)15-10-3-4-11-12(9-10)17-7-2-6-16-11/h3-4,9H,1-2,5-8H2,(H,14,15). The maximum Gasteiger partial charge on any atom is 0.163 e. The first kappa shape index (κ1) is 11.7. The predicted molar refractivity (Wildman–Crippen MR) is 75.0 cm³/mol. The zero-order valence-electron chi connectivity index (χ0n) is 10.1. The minimum Gasteiger partial charge on any atom is -0.490 e. The van der Waals surface area contributed by atoms with Gasteiger partial charge in [0, 0.05) is 30.5 Å². The molecule has 4 nitrogen and oxygen atoms in total. The Kier molecular flexibility index (Phi) is 3.59. The molecule has 5 heteroatoms. The summed E-state index contributed by atoms with van der Waals surface area (Å²) in [6.07, 6.45) is 2.09. The van der Waals surface area contributed by atoms with Gasteiger partial charge in [-0.1, -0.05) is 11.8 Å². The maximum atomic E-state index is 5.67. The number of hydrogen-bond acceptors (Lipinski definition) is 5. The largest absolute Gasteiger partial charge is 0.490 e. The molecule has 0 radical (unpaired) electrons. The summed E-state index contributed by atoms with van der Waals surface area (Å²) < 4.78 is 11.3. The van der Waals surface area contributed by atoms with Gasteiger partial charge in [0.1, 0.15) is 0 Å². The van der Waals surface area contributed by atoms with Crippen LogP contribution in [-0.2, 0) is 0 Å². The summed E-state index contributed by atoms with van der Waals surface area (Å²) >= 11 is 1.77. The second-order valence-corrected chi connectivity index (χ2v) is 5.31. The topological polar surface area (TPSA) is 42.9 Å². The number of ether oxygens (including phenoxy) is 2. The van der Waals surface area contributed by atoms with Gasteiger partial charge >= 0.3 is 0 Å². The van der Waals surface area contributed by atoms with Crippen LogP contribution in [0, 0.1) is 0 Å². The Morgan fingerprint density at radius 2 is 2.00 bits per heavy atom. The molecule has 1 N–H and O–H groups in total. The second-order valence-electron chi connectivity index (χ2n) is 4.23. The fourth-order valence-corrected chi connectivity index (χ4v) is 2.74. The van der Waals surface area contributed by atoms with Crippen molar-refractivity contribution < 1.29 is 9.47 Å². The summed E-state index contributed by atoms with van der Waals surface area (Å²) in [5.41, 5.74) is 1.01. The van der Waals surface area contributed by atoms with Crippen molar-refractivity contribution in [2.24, 2.45) is 4.99 Å². The molecule has 2 aliphatic rings. The lowest BCUT2D eigenvalue weighted by molar-refractivity contribution is 0.297. The molecule has 96 valence electrons. The Balaban J connectivity index is 1.76. The zero-order chi connectivity index (χ0) is 12.2. The minimum absolute atomic E-state index is 0.714. The number of rotatable bonds is 1.